The van der Waals surface area contributed by atoms with E-state index in [2.05, 4.69) is 22.0 Å². The van der Waals surface area contributed by atoms with Gasteiger partial charge in [-0.2, -0.15) is 0 Å². The largest absolute Gasteiger partial charge is 0.486 e. The van der Waals surface area contributed by atoms with Crippen molar-refractivity contribution in [2.45, 2.75) is 19.8 Å². The normalized spacial score (nSPS) is 10.6. The maximum Gasteiger partial charge on any atom is 0.170 e. The van der Waals surface area contributed by atoms with Gasteiger partial charge in [-0.15, -0.1) is 0 Å². The molecule has 0 aliphatic heterocycles. The van der Waals surface area contributed by atoms with E-state index in [1.54, 1.807) is 0 Å². The molecule has 0 amide bonds. The van der Waals surface area contributed by atoms with Crippen molar-refractivity contribution in [3.05, 3.63) is 40.9 Å². The van der Waals surface area contributed by atoms with Crippen molar-refractivity contribution >= 4 is 32.5 Å². The van der Waals surface area contributed by atoms with E-state index in [-0.39, 0.29) is 12.4 Å². The first kappa shape index (κ1) is 13.1. The van der Waals surface area contributed by atoms with Crippen LogP contribution in [0.5, 0.6) is 5.75 Å². The van der Waals surface area contributed by atoms with Gasteiger partial charge in [-0.1, -0.05) is 35.0 Å². The summed E-state index contributed by atoms with van der Waals surface area (Å²) in [7, 11) is 0. The average Bonchev–Trinajstić information content (AvgIpc) is 2.36. The van der Waals surface area contributed by atoms with E-state index in [9.17, 15) is 4.79 Å². The second-order valence-electron chi connectivity index (χ2n) is 4.23. The van der Waals surface area contributed by atoms with Crippen LogP contribution in [-0.4, -0.2) is 12.4 Å². The summed E-state index contributed by atoms with van der Waals surface area (Å²) in [6, 6.07) is 11.9. The highest BCUT2D eigenvalue weighted by Gasteiger charge is 2.03. The van der Waals surface area contributed by atoms with E-state index >= 15 is 0 Å². The highest BCUT2D eigenvalue weighted by molar-refractivity contribution is 9.10. The first-order valence-corrected chi connectivity index (χ1v) is 6.82. The number of ether oxygens (including phenoxy) is 1. The van der Waals surface area contributed by atoms with E-state index < -0.39 is 0 Å². The molecule has 94 valence electrons. The molecule has 2 aromatic rings. The molecular formula is C15H15BrO2. The first-order chi connectivity index (χ1) is 8.69. The minimum atomic E-state index is 0.147. The molecule has 0 unspecified atom stereocenters. The zero-order chi connectivity index (χ0) is 13.0. The Morgan fingerprint density at radius 3 is 2.67 bits per heavy atom. The van der Waals surface area contributed by atoms with Crippen molar-refractivity contribution in [3.8, 4) is 5.75 Å². The fraction of sp³-hybridized carbons (Fsp3) is 0.267. The predicted octanol–water partition coefficient (Wildman–Crippen LogP) is 4.35. The first-order valence-electron chi connectivity index (χ1n) is 6.03. The van der Waals surface area contributed by atoms with Gasteiger partial charge in [0.05, 0.1) is 0 Å². The molecule has 2 rings (SSSR count). The fourth-order valence-corrected chi connectivity index (χ4v) is 2.18. The third-order valence-corrected chi connectivity index (χ3v) is 3.20. The number of ketones is 1. The minimum Gasteiger partial charge on any atom is -0.486 e. The summed E-state index contributed by atoms with van der Waals surface area (Å²) >= 11 is 3.44. The van der Waals surface area contributed by atoms with Gasteiger partial charge in [-0.05, 0) is 41.5 Å². The Bertz CT molecular complexity index is 563. The third kappa shape index (κ3) is 3.33. The van der Waals surface area contributed by atoms with Crippen molar-refractivity contribution in [1.82, 2.24) is 0 Å². The average molecular weight is 307 g/mol. The van der Waals surface area contributed by atoms with Gasteiger partial charge in [0.1, 0.15) is 12.4 Å². The molecule has 0 heterocycles. The standard InChI is InChI=1S/C15H15BrO2/c1-2-3-14(17)10-18-15-7-5-11-8-13(16)6-4-12(11)9-15/h4-9H,2-3,10H2,1H3. The molecule has 0 bridgehead atoms. The van der Waals surface area contributed by atoms with Gasteiger partial charge in [-0.3, -0.25) is 4.79 Å². The van der Waals surface area contributed by atoms with E-state index in [0.29, 0.717) is 6.42 Å². The molecule has 3 heteroatoms. The summed E-state index contributed by atoms with van der Waals surface area (Å²) < 4.78 is 6.55. The number of benzene rings is 2. The van der Waals surface area contributed by atoms with Crippen molar-refractivity contribution in [1.29, 1.82) is 0 Å². The predicted molar refractivity (Wildman–Crippen MR) is 77.1 cm³/mol. The van der Waals surface area contributed by atoms with E-state index in [4.69, 9.17) is 4.74 Å². The monoisotopic (exact) mass is 306 g/mol. The molecular weight excluding hydrogens is 292 g/mol. The summed E-state index contributed by atoms with van der Waals surface area (Å²) in [5.74, 6) is 0.891. The number of carbonyl (C=O) groups excluding carboxylic acids is 1. The van der Waals surface area contributed by atoms with Crippen LogP contribution in [0.25, 0.3) is 10.8 Å². The molecule has 0 N–H and O–H groups in total. The lowest BCUT2D eigenvalue weighted by atomic mass is 10.1. The third-order valence-electron chi connectivity index (χ3n) is 2.70. The summed E-state index contributed by atoms with van der Waals surface area (Å²) in [6.45, 7) is 2.15. The van der Waals surface area contributed by atoms with Crippen LogP contribution in [0, 0.1) is 0 Å². The van der Waals surface area contributed by atoms with E-state index in [1.807, 2.05) is 37.3 Å². The molecule has 2 aromatic carbocycles. The Kier molecular flexibility index (Phi) is 4.37. The molecule has 0 saturated carbocycles. The van der Waals surface area contributed by atoms with Gasteiger partial charge in [0.15, 0.2) is 5.78 Å². The SMILES string of the molecule is CCCC(=O)COc1ccc2cc(Br)ccc2c1. The maximum absolute atomic E-state index is 11.4. The van der Waals surface area contributed by atoms with Crippen LogP contribution in [0.15, 0.2) is 40.9 Å². The lowest BCUT2D eigenvalue weighted by Gasteiger charge is -2.06. The molecule has 0 aliphatic carbocycles. The quantitative estimate of drug-likeness (QED) is 0.821. The minimum absolute atomic E-state index is 0.147. The molecule has 18 heavy (non-hydrogen) atoms. The Morgan fingerprint density at radius 1 is 1.17 bits per heavy atom. The summed E-state index contributed by atoms with van der Waals surface area (Å²) in [5, 5.41) is 2.26. The number of carbonyl (C=O) groups is 1. The maximum atomic E-state index is 11.4. The highest BCUT2D eigenvalue weighted by Crippen LogP contribution is 2.24. The number of hydrogen-bond acceptors (Lipinski definition) is 2. The second-order valence-corrected chi connectivity index (χ2v) is 5.15. The van der Waals surface area contributed by atoms with Crippen LogP contribution in [0.2, 0.25) is 0 Å². The van der Waals surface area contributed by atoms with Crippen LogP contribution in [0.4, 0.5) is 0 Å². The van der Waals surface area contributed by atoms with E-state index in [0.717, 1.165) is 27.4 Å². The molecule has 2 nitrogen and oxygen atoms in total. The van der Waals surface area contributed by atoms with Crippen LogP contribution < -0.4 is 4.74 Å². The number of fused-ring (bicyclic) bond motifs is 1. The zero-order valence-electron chi connectivity index (χ0n) is 10.3. The van der Waals surface area contributed by atoms with Crippen molar-refractivity contribution in [2.24, 2.45) is 0 Å². The fourth-order valence-electron chi connectivity index (χ4n) is 1.80. The smallest absolute Gasteiger partial charge is 0.170 e. The van der Waals surface area contributed by atoms with Crippen molar-refractivity contribution < 1.29 is 9.53 Å². The summed E-state index contributed by atoms with van der Waals surface area (Å²) in [5.41, 5.74) is 0. The van der Waals surface area contributed by atoms with Gasteiger partial charge in [0.25, 0.3) is 0 Å². The van der Waals surface area contributed by atoms with E-state index in [1.165, 1.54) is 0 Å². The van der Waals surface area contributed by atoms with Crippen LogP contribution in [-0.2, 0) is 4.79 Å². The molecule has 0 fully saturated rings. The number of halogens is 1. The Morgan fingerprint density at radius 2 is 1.89 bits per heavy atom. The van der Waals surface area contributed by atoms with Crippen LogP contribution >= 0.6 is 15.9 Å². The number of hydrogen-bond donors (Lipinski definition) is 0. The van der Waals surface area contributed by atoms with Gasteiger partial charge in [0.2, 0.25) is 0 Å². The van der Waals surface area contributed by atoms with Crippen LogP contribution in [0.3, 0.4) is 0 Å². The zero-order valence-corrected chi connectivity index (χ0v) is 11.9. The van der Waals surface area contributed by atoms with Crippen molar-refractivity contribution in [2.75, 3.05) is 6.61 Å². The molecule has 0 aromatic heterocycles. The van der Waals surface area contributed by atoms with Crippen LogP contribution in [0.1, 0.15) is 19.8 Å². The second kappa shape index (κ2) is 6.01. The molecule has 0 aliphatic rings. The number of rotatable bonds is 5. The highest BCUT2D eigenvalue weighted by atomic mass is 79.9. The molecule has 0 spiro atoms. The van der Waals surface area contributed by atoms with Gasteiger partial charge < -0.3 is 4.74 Å². The summed E-state index contributed by atoms with van der Waals surface area (Å²) in [4.78, 5) is 11.4. The summed E-state index contributed by atoms with van der Waals surface area (Å²) in [6.07, 6.45) is 1.45. The molecule has 0 atom stereocenters. The Hall–Kier alpha value is -1.35. The lowest BCUT2D eigenvalue weighted by molar-refractivity contribution is -0.121. The van der Waals surface area contributed by atoms with Gasteiger partial charge >= 0.3 is 0 Å². The number of Topliss-reactive ketones (excluding diaryl/α,β-unsaturated/α-hetero) is 1. The van der Waals surface area contributed by atoms with Gasteiger partial charge in [-0.25, -0.2) is 0 Å². The molecule has 0 radical (unpaired) electrons. The topological polar surface area (TPSA) is 26.3 Å². The van der Waals surface area contributed by atoms with Gasteiger partial charge in [0, 0.05) is 10.9 Å². The lowest BCUT2D eigenvalue weighted by Crippen LogP contribution is -2.10. The van der Waals surface area contributed by atoms with Crippen molar-refractivity contribution in [3.63, 3.8) is 0 Å². The Labute approximate surface area is 115 Å². The molecule has 0 saturated heterocycles. The Balaban J connectivity index is 2.10.